The van der Waals surface area contributed by atoms with E-state index >= 15 is 0 Å². The fourth-order valence-electron chi connectivity index (χ4n) is 2.01. The molecule has 102 valence electrons. The first kappa shape index (κ1) is 13.5. The molecule has 2 rings (SSSR count). The van der Waals surface area contributed by atoms with Crippen LogP contribution in [0.15, 0.2) is 18.2 Å². The lowest BCUT2D eigenvalue weighted by molar-refractivity contribution is -0.133. The average Bonchev–Trinajstić information content (AvgIpc) is 2.46. The van der Waals surface area contributed by atoms with E-state index in [0.717, 1.165) is 12.1 Å². The van der Waals surface area contributed by atoms with Gasteiger partial charge in [-0.1, -0.05) is 6.07 Å². The van der Waals surface area contributed by atoms with Crippen LogP contribution in [0, 0.1) is 11.6 Å². The minimum atomic E-state index is -0.691. The van der Waals surface area contributed by atoms with E-state index in [-0.39, 0.29) is 36.9 Å². The molecule has 1 fully saturated rings. The second-order valence-corrected chi connectivity index (χ2v) is 4.53. The van der Waals surface area contributed by atoms with E-state index in [0.29, 0.717) is 0 Å². The Morgan fingerprint density at radius 1 is 1.37 bits per heavy atom. The summed E-state index contributed by atoms with van der Waals surface area (Å²) >= 11 is 0. The highest BCUT2D eigenvalue weighted by atomic mass is 19.1. The Morgan fingerprint density at radius 3 is 2.79 bits per heavy atom. The van der Waals surface area contributed by atoms with Gasteiger partial charge in [0.15, 0.2) is 0 Å². The highest BCUT2D eigenvalue weighted by molar-refractivity contribution is 5.89. The molecule has 1 aliphatic heterocycles. The predicted octanol–water partition coefficient (Wildman–Crippen LogP) is 1.20. The smallest absolute Gasteiger partial charge is 0.245 e. The lowest BCUT2D eigenvalue weighted by atomic mass is 10.1. The van der Waals surface area contributed by atoms with Crippen molar-refractivity contribution in [3.8, 4) is 0 Å². The zero-order valence-electron chi connectivity index (χ0n) is 10.5. The molecule has 1 N–H and O–H groups in total. The van der Waals surface area contributed by atoms with Crippen molar-refractivity contribution in [2.75, 3.05) is 6.54 Å². The molecule has 4 nitrogen and oxygen atoms in total. The van der Waals surface area contributed by atoms with Gasteiger partial charge in [0, 0.05) is 31.1 Å². The summed E-state index contributed by atoms with van der Waals surface area (Å²) in [5.74, 6) is -1.82. The van der Waals surface area contributed by atoms with Crippen LogP contribution in [-0.4, -0.2) is 29.3 Å². The van der Waals surface area contributed by atoms with Crippen LogP contribution >= 0.6 is 0 Å². The van der Waals surface area contributed by atoms with Gasteiger partial charge in [-0.2, -0.15) is 0 Å². The number of rotatable bonds is 2. The predicted molar refractivity (Wildman–Crippen MR) is 64.0 cm³/mol. The van der Waals surface area contributed by atoms with Crippen LogP contribution < -0.4 is 5.32 Å². The van der Waals surface area contributed by atoms with Crippen molar-refractivity contribution in [1.29, 1.82) is 0 Å². The number of hydrogen-bond donors (Lipinski definition) is 1. The van der Waals surface area contributed by atoms with Crippen molar-refractivity contribution < 1.29 is 18.4 Å². The Hall–Kier alpha value is -1.98. The van der Waals surface area contributed by atoms with E-state index in [2.05, 4.69) is 5.32 Å². The summed E-state index contributed by atoms with van der Waals surface area (Å²) in [5, 5.41) is 2.55. The Labute approximate surface area is 109 Å². The van der Waals surface area contributed by atoms with Gasteiger partial charge in [0.05, 0.1) is 0 Å². The normalized spacial score (nSPS) is 20.2. The van der Waals surface area contributed by atoms with Gasteiger partial charge in [-0.25, -0.2) is 8.78 Å². The van der Waals surface area contributed by atoms with Crippen LogP contribution in [0.2, 0.25) is 0 Å². The van der Waals surface area contributed by atoms with Gasteiger partial charge in [-0.15, -0.1) is 0 Å². The minimum Gasteiger partial charge on any atom is -0.345 e. The molecule has 0 aliphatic carbocycles. The number of nitrogens with one attached hydrogen (secondary N) is 1. The summed E-state index contributed by atoms with van der Waals surface area (Å²) in [4.78, 5) is 24.7. The summed E-state index contributed by atoms with van der Waals surface area (Å²) in [6, 6.07) is 2.61. The third kappa shape index (κ3) is 3.07. The molecule has 1 aromatic carbocycles. The summed E-state index contributed by atoms with van der Waals surface area (Å²) in [6.45, 7) is 1.84. The zero-order valence-corrected chi connectivity index (χ0v) is 10.5. The maximum Gasteiger partial charge on any atom is 0.245 e. The molecule has 0 saturated carbocycles. The lowest BCUT2D eigenvalue weighted by Crippen LogP contribution is -2.42. The fourth-order valence-corrected chi connectivity index (χ4v) is 2.01. The van der Waals surface area contributed by atoms with Gasteiger partial charge in [0.1, 0.15) is 17.7 Å². The third-order valence-electron chi connectivity index (χ3n) is 3.04. The molecule has 19 heavy (non-hydrogen) atoms. The maximum absolute atomic E-state index is 13.5. The highest BCUT2D eigenvalue weighted by Gasteiger charge is 2.26. The quantitative estimate of drug-likeness (QED) is 0.876. The molecule has 0 spiro atoms. The van der Waals surface area contributed by atoms with Crippen molar-refractivity contribution in [2.45, 2.75) is 25.9 Å². The molecule has 1 saturated heterocycles. The van der Waals surface area contributed by atoms with Crippen molar-refractivity contribution >= 4 is 11.8 Å². The molecule has 1 aromatic rings. The van der Waals surface area contributed by atoms with E-state index in [1.807, 2.05) is 0 Å². The first-order valence-electron chi connectivity index (χ1n) is 5.99. The third-order valence-corrected chi connectivity index (χ3v) is 3.04. The van der Waals surface area contributed by atoms with Crippen LogP contribution in [0.5, 0.6) is 0 Å². The SMILES string of the molecule is CC1NC(=O)CCN(Cc2ccc(F)cc2F)C1=O. The molecule has 1 unspecified atom stereocenters. The zero-order chi connectivity index (χ0) is 14.0. The largest absolute Gasteiger partial charge is 0.345 e. The molecule has 0 bridgehead atoms. The summed E-state index contributed by atoms with van der Waals surface area (Å²) < 4.78 is 26.4. The van der Waals surface area contributed by atoms with Crippen molar-refractivity contribution in [2.24, 2.45) is 0 Å². The summed E-state index contributed by atoms with van der Waals surface area (Å²) in [7, 11) is 0. The van der Waals surface area contributed by atoms with E-state index < -0.39 is 17.7 Å². The second-order valence-electron chi connectivity index (χ2n) is 4.53. The molecule has 1 aliphatic rings. The molecule has 6 heteroatoms. The van der Waals surface area contributed by atoms with Crippen LogP contribution in [-0.2, 0) is 16.1 Å². The maximum atomic E-state index is 13.5. The van der Waals surface area contributed by atoms with Gasteiger partial charge in [0.25, 0.3) is 0 Å². The average molecular weight is 268 g/mol. The van der Waals surface area contributed by atoms with Gasteiger partial charge in [-0.3, -0.25) is 9.59 Å². The topological polar surface area (TPSA) is 49.4 Å². The Kier molecular flexibility index (Phi) is 3.78. The molecule has 0 aromatic heterocycles. The number of nitrogens with zero attached hydrogens (tertiary/aromatic N) is 1. The lowest BCUT2D eigenvalue weighted by Gasteiger charge is -2.22. The fraction of sp³-hybridized carbons (Fsp3) is 0.385. The molecule has 2 amide bonds. The highest BCUT2D eigenvalue weighted by Crippen LogP contribution is 2.14. The number of carbonyl (C=O) groups is 2. The van der Waals surface area contributed by atoms with Gasteiger partial charge in [0.2, 0.25) is 11.8 Å². The minimum absolute atomic E-state index is 0.0320. The van der Waals surface area contributed by atoms with Crippen LogP contribution in [0.25, 0.3) is 0 Å². The second kappa shape index (κ2) is 5.34. The van der Waals surface area contributed by atoms with Crippen LogP contribution in [0.4, 0.5) is 8.78 Å². The Bertz CT molecular complexity index is 519. The molecule has 1 heterocycles. The van der Waals surface area contributed by atoms with Crippen molar-refractivity contribution in [3.05, 3.63) is 35.4 Å². The van der Waals surface area contributed by atoms with E-state index in [1.165, 1.54) is 11.0 Å². The number of hydrogen-bond acceptors (Lipinski definition) is 2. The van der Waals surface area contributed by atoms with Crippen LogP contribution in [0.3, 0.4) is 0 Å². The monoisotopic (exact) mass is 268 g/mol. The first-order valence-corrected chi connectivity index (χ1v) is 5.99. The Balaban J connectivity index is 2.17. The molecular weight excluding hydrogens is 254 g/mol. The molecule has 1 atom stereocenters. The van der Waals surface area contributed by atoms with E-state index in [1.54, 1.807) is 6.92 Å². The standard InChI is InChI=1S/C13H14F2N2O2/c1-8-13(19)17(5-4-12(18)16-8)7-9-2-3-10(14)6-11(9)15/h2-3,6,8H,4-5,7H2,1H3,(H,16,18). The number of halogens is 2. The molecular formula is C13H14F2N2O2. The number of carbonyl (C=O) groups excluding carboxylic acids is 2. The van der Waals surface area contributed by atoms with Crippen LogP contribution in [0.1, 0.15) is 18.9 Å². The van der Waals surface area contributed by atoms with E-state index in [4.69, 9.17) is 0 Å². The summed E-state index contributed by atoms with van der Waals surface area (Å²) in [6.07, 6.45) is 0.179. The van der Waals surface area contributed by atoms with Gasteiger partial charge < -0.3 is 10.2 Å². The van der Waals surface area contributed by atoms with Crippen molar-refractivity contribution in [1.82, 2.24) is 10.2 Å². The van der Waals surface area contributed by atoms with Gasteiger partial charge in [-0.05, 0) is 13.0 Å². The number of amides is 2. The summed E-state index contributed by atoms with van der Waals surface area (Å²) in [5.41, 5.74) is 0.233. The molecule has 0 radical (unpaired) electrons. The van der Waals surface area contributed by atoms with E-state index in [9.17, 15) is 18.4 Å². The van der Waals surface area contributed by atoms with Crippen molar-refractivity contribution in [3.63, 3.8) is 0 Å². The van der Waals surface area contributed by atoms with Gasteiger partial charge >= 0.3 is 0 Å². The Morgan fingerprint density at radius 2 is 2.11 bits per heavy atom. The number of benzene rings is 1. The first-order chi connectivity index (χ1) is 8.97.